The van der Waals surface area contributed by atoms with Gasteiger partial charge in [-0.15, -0.1) is 0 Å². The van der Waals surface area contributed by atoms with Crippen molar-refractivity contribution in [3.05, 3.63) is 11.1 Å². The summed E-state index contributed by atoms with van der Waals surface area (Å²) < 4.78 is 0. The fourth-order valence-corrected chi connectivity index (χ4v) is 2.97. The number of hydrogen-bond donors (Lipinski definition) is 1. The molecule has 1 heterocycles. The molecule has 2 rings (SSSR count). The minimum atomic E-state index is 0.367. The summed E-state index contributed by atoms with van der Waals surface area (Å²) in [5.74, 6) is 0. The molecule has 0 bridgehead atoms. The molecule has 72 valence electrons. The van der Waals surface area contributed by atoms with E-state index in [-0.39, 0.29) is 0 Å². The maximum absolute atomic E-state index is 5.71. The average Bonchev–Trinajstić information content (AvgIpc) is 2.54. The molecule has 3 N–H and O–H groups in total. The zero-order valence-electron chi connectivity index (χ0n) is 8.10. The number of aromatic amines is 1. The number of nitrogen functional groups attached to an aromatic ring is 1. The number of nitrogens with two attached hydrogens (primary N) is 1. The number of H-pyrrole nitrogens is 1. The van der Waals surface area contributed by atoms with Crippen molar-refractivity contribution in [1.82, 2.24) is 0 Å². The standard InChI is InChI=1S/C10H16N2S/c1-10(5-3-2-4-6-10)8-7-13-9(11)12-8/h7H,2-6H2,1H3,(H2,11,12)/p+1. The molecule has 2 nitrogen and oxygen atoms in total. The van der Waals surface area contributed by atoms with Gasteiger partial charge in [0.05, 0.1) is 0 Å². The number of rotatable bonds is 1. The largest absolute Gasteiger partial charge is 0.329 e. The molecule has 3 heteroatoms. The SMILES string of the molecule is CC1(c2csc(N)[nH+]2)CCCCC1. The van der Waals surface area contributed by atoms with Crippen molar-refractivity contribution in [3.8, 4) is 0 Å². The third kappa shape index (κ3) is 1.70. The van der Waals surface area contributed by atoms with Crippen molar-refractivity contribution < 1.29 is 4.98 Å². The molecule has 0 radical (unpaired) electrons. The molecule has 1 saturated carbocycles. The molecule has 1 aliphatic rings. The minimum Gasteiger partial charge on any atom is -0.278 e. The van der Waals surface area contributed by atoms with Crippen LogP contribution in [0.5, 0.6) is 0 Å². The Hall–Kier alpha value is -0.570. The molecule has 0 unspecified atom stereocenters. The van der Waals surface area contributed by atoms with Gasteiger partial charge in [0.15, 0.2) is 0 Å². The van der Waals surface area contributed by atoms with Gasteiger partial charge in [-0.1, -0.05) is 37.5 Å². The van der Waals surface area contributed by atoms with Gasteiger partial charge in [0.2, 0.25) is 0 Å². The number of nitrogens with one attached hydrogen (secondary N) is 1. The molecule has 0 aromatic carbocycles. The van der Waals surface area contributed by atoms with Crippen molar-refractivity contribution in [2.24, 2.45) is 0 Å². The first-order valence-corrected chi connectivity index (χ1v) is 5.85. The van der Waals surface area contributed by atoms with Crippen molar-refractivity contribution in [1.29, 1.82) is 0 Å². The Bertz CT molecular complexity index is 287. The molecule has 0 spiro atoms. The van der Waals surface area contributed by atoms with E-state index < -0.39 is 0 Å². The highest BCUT2D eigenvalue weighted by atomic mass is 32.1. The van der Waals surface area contributed by atoms with Crippen LogP contribution >= 0.6 is 11.3 Å². The van der Waals surface area contributed by atoms with Gasteiger partial charge in [-0.3, -0.25) is 5.73 Å². The lowest BCUT2D eigenvalue weighted by molar-refractivity contribution is -0.375. The van der Waals surface area contributed by atoms with Crippen LogP contribution < -0.4 is 10.7 Å². The molecular formula is C10H17N2S+. The second-order valence-corrected chi connectivity index (χ2v) is 5.17. The van der Waals surface area contributed by atoms with Crippen LogP contribution in [0.1, 0.15) is 44.7 Å². The molecule has 0 aliphatic heterocycles. The van der Waals surface area contributed by atoms with E-state index in [0.717, 1.165) is 5.13 Å². The van der Waals surface area contributed by atoms with Gasteiger partial charge in [0.1, 0.15) is 5.69 Å². The lowest BCUT2D eigenvalue weighted by atomic mass is 9.74. The zero-order chi connectivity index (χ0) is 9.31. The number of aromatic nitrogens is 1. The highest BCUT2D eigenvalue weighted by Gasteiger charge is 2.32. The fraction of sp³-hybridized carbons (Fsp3) is 0.700. The molecular weight excluding hydrogens is 180 g/mol. The summed E-state index contributed by atoms with van der Waals surface area (Å²) in [6, 6.07) is 0. The number of thiazole rings is 1. The third-order valence-electron chi connectivity index (χ3n) is 3.17. The second kappa shape index (κ2) is 3.29. The topological polar surface area (TPSA) is 40.2 Å². The van der Waals surface area contributed by atoms with Crippen LogP contribution in [0.2, 0.25) is 0 Å². The van der Waals surface area contributed by atoms with E-state index in [1.165, 1.54) is 37.8 Å². The lowest BCUT2D eigenvalue weighted by Crippen LogP contribution is -2.31. The molecule has 1 aliphatic carbocycles. The van der Waals surface area contributed by atoms with Crippen molar-refractivity contribution in [2.75, 3.05) is 5.73 Å². The first-order valence-electron chi connectivity index (χ1n) is 4.97. The summed E-state index contributed by atoms with van der Waals surface area (Å²) in [4.78, 5) is 3.28. The van der Waals surface area contributed by atoms with E-state index in [4.69, 9.17) is 5.73 Å². The summed E-state index contributed by atoms with van der Waals surface area (Å²) in [7, 11) is 0. The molecule has 0 saturated heterocycles. The Morgan fingerprint density at radius 1 is 1.38 bits per heavy atom. The van der Waals surface area contributed by atoms with Gasteiger partial charge in [0, 0.05) is 10.8 Å². The van der Waals surface area contributed by atoms with Gasteiger partial charge in [0.25, 0.3) is 0 Å². The van der Waals surface area contributed by atoms with E-state index in [2.05, 4.69) is 17.3 Å². The number of anilines is 1. The Morgan fingerprint density at radius 2 is 2.08 bits per heavy atom. The summed E-state index contributed by atoms with van der Waals surface area (Å²) in [5, 5.41) is 3.02. The average molecular weight is 197 g/mol. The van der Waals surface area contributed by atoms with Crippen LogP contribution in [-0.2, 0) is 5.41 Å². The first kappa shape index (κ1) is 9.00. The molecule has 0 amide bonds. The first-order chi connectivity index (χ1) is 6.21. The molecule has 0 atom stereocenters. The predicted molar refractivity (Wildman–Crippen MR) is 55.7 cm³/mol. The van der Waals surface area contributed by atoms with Crippen LogP contribution in [0.25, 0.3) is 0 Å². The van der Waals surface area contributed by atoms with Crippen LogP contribution in [0.3, 0.4) is 0 Å². The monoisotopic (exact) mass is 197 g/mol. The lowest BCUT2D eigenvalue weighted by Gasteiger charge is -2.30. The summed E-state index contributed by atoms with van der Waals surface area (Å²) in [6.45, 7) is 2.35. The Morgan fingerprint density at radius 3 is 2.62 bits per heavy atom. The Labute approximate surface area is 83.2 Å². The summed E-state index contributed by atoms with van der Waals surface area (Å²) in [6.07, 6.45) is 6.73. The van der Waals surface area contributed by atoms with E-state index >= 15 is 0 Å². The number of hydrogen-bond acceptors (Lipinski definition) is 2. The van der Waals surface area contributed by atoms with Crippen LogP contribution in [-0.4, -0.2) is 0 Å². The van der Waals surface area contributed by atoms with Crippen LogP contribution in [0, 0.1) is 0 Å². The zero-order valence-corrected chi connectivity index (χ0v) is 8.91. The molecule has 13 heavy (non-hydrogen) atoms. The van der Waals surface area contributed by atoms with Gasteiger partial charge in [-0.25, -0.2) is 4.98 Å². The molecule has 1 fully saturated rings. The second-order valence-electron chi connectivity index (χ2n) is 4.26. The van der Waals surface area contributed by atoms with Crippen LogP contribution in [0.15, 0.2) is 5.38 Å². The molecule has 1 aromatic heterocycles. The van der Waals surface area contributed by atoms with E-state index in [1.807, 2.05) is 0 Å². The minimum absolute atomic E-state index is 0.367. The highest BCUT2D eigenvalue weighted by Crippen LogP contribution is 2.37. The fourth-order valence-electron chi connectivity index (χ4n) is 2.21. The maximum Gasteiger partial charge on any atom is 0.329 e. The van der Waals surface area contributed by atoms with Crippen molar-refractivity contribution in [2.45, 2.75) is 44.4 Å². The van der Waals surface area contributed by atoms with Gasteiger partial charge in [-0.05, 0) is 12.8 Å². The smallest absolute Gasteiger partial charge is 0.278 e. The Kier molecular flexibility index (Phi) is 2.28. The van der Waals surface area contributed by atoms with Gasteiger partial charge in [-0.2, -0.15) is 0 Å². The Balaban J connectivity index is 2.22. The molecule has 1 aromatic rings. The van der Waals surface area contributed by atoms with Crippen molar-refractivity contribution in [3.63, 3.8) is 0 Å². The van der Waals surface area contributed by atoms with Gasteiger partial charge >= 0.3 is 5.13 Å². The highest BCUT2D eigenvalue weighted by molar-refractivity contribution is 7.13. The van der Waals surface area contributed by atoms with E-state index in [9.17, 15) is 0 Å². The van der Waals surface area contributed by atoms with Crippen LogP contribution in [0.4, 0.5) is 5.13 Å². The van der Waals surface area contributed by atoms with Gasteiger partial charge < -0.3 is 0 Å². The predicted octanol–water partition coefficient (Wildman–Crippen LogP) is 2.37. The quantitative estimate of drug-likeness (QED) is 0.737. The van der Waals surface area contributed by atoms with Crippen molar-refractivity contribution >= 4 is 16.5 Å². The third-order valence-corrected chi connectivity index (χ3v) is 3.88. The maximum atomic E-state index is 5.71. The normalized spacial score (nSPS) is 21.6. The van der Waals surface area contributed by atoms with E-state index in [1.54, 1.807) is 11.3 Å². The summed E-state index contributed by atoms with van der Waals surface area (Å²) in [5.41, 5.74) is 7.42. The summed E-state index contributed by atoms with van der Waals surface area (Å²) >= 11 is 1.62. The van der Waals surface area contributed by atoms with E-state index in [0.29, 0.717) is 5.41 Å².